The van der Waals surface area contributed by atoms with E-state index in [2.05, 4.69) is 21.6 Å². The highest BCUT2D eigenvalue weighted by Gasteiger charge is 2.12. The van der Waals surface area contributed by atoms with Gasteiger partial charge in [0, 0.05) is 21.5 Å². The van der Waals surface area contributed by atoms with Gasteiger partial charge in [0.25, 0.3) is 0 Å². The smallest absolute Gasteiger partial charge is 0.250 e. The predicted octanol–water partition coefficient (Wildman–Crippen LogP) is 4.12. The van der Waals surface area contributed by atoms with Crippen molar-refractivity contribution in [2.24, 2.45) is 5.10 Å². The lowest BCUT2D eigenvalue weighted by molar-refractivity contribution is -0.118. The van der Waals surface area contributed by atoms with Crippen molar-refractivity contribution >= 4 is 34.8 Å². The predicted molar refractivity (Wildman–Crippen MR) is 124 cm³/mol. The number of fused-ring (bicyclic) bond motifs is 1. The molecule has 7 nitrogen and oxygen atoms in total. The van der Waals surface area contributed by atoms with E-state index in [-0.39, 0.29) is 11.7 Å². The van der Waals surface area contributed by atoms with Crippen LogP contribution < -0.4 is 19.6 Å². The number of rotatable bonds is 8. The average molecular weight is 440 g/mol. The van der Waals surface area contributed by atoms with Crippen LogP contribution in [0.1, 0.15) is 16.8 Å². The van der Waals surface area contributed by atoms with Crippen LogP contribution in [-0.4, -0.2) is 44.2 Å². The molecular weight excluding hydrogens is 414 g/mol. The Labute approximate surface area is 185 Å². The Kier molecular flexibility index (Phi) is 7.36. The van der Waals surface area contributed by atoms with Gasteiger partial charge in [-0.05, 0) is 44.2 Å². The molecule has 3 rings (SSSR count). The second-order valence-electron chi connectivity index (χ2n) is 6.82. The highest BCUT2D eigenvalue weighted by Crippen LogP contribution is 2.37. The molecular formula is C23H25N3O4S. The van der Waals surface area contributed by atoms with E-state index < -0.39 is 0 Å². The van der Waals surface area contributed by atoms with Crippen molar-refractivity contribution in [3.63, 3.8) is 0 Å². The number of aryl methyl sites for hydroxylation is 2. The fraction of sp³-hybridized carbons (Fsp3) is 0.261. The Hall–Kier alpha value is -3.26. The van der Waals surface area contributed by atoms with Crippen LogP contribution in [0.5, 0.6) is 17.2 Å². The van der Waals surface area contributed by atoms with Crippen molar-refractivity contribution in [3.8, 4) is 17.2 Å². The lowest BCUT2D eigenvalue weighted by atomic mass is 10.1. The van der Waals surface area contributed by atoms with Crippen LogP contribution in [0.25, 0.3) is 10.9 Å². The van der Waals surface area contributed by atoms with E-state index in [1.54, 1.807) is 33.5 Å². The van der Waals surface area contributed by atoms with E-state index in [0.29, 0.717) is 22.8 Å². The van der Waals surface area contributed by atoms with E-state index in [1.807, 2.05) is 32.0 Å². The van der Waals surface area contributed by atoms with Crippen LogP contribution in [0.3, 0.4) is 0 Å². The zero-order valence-electron chi connectivity index (χ0n) is 18.2. The van der Waals surface area contributed by atoms with Crippen LogP contribution in [-0.2, 0) is 4.79 Å². The number of hydrogen-bond acceptors (Lipinski definition) is 7. The number of carbonyl (C=O) groups is 1. The lowest BCUT2D eigenvalue weighted by Crippen LogP contribution is -2.19. The van der Waals surface area contributed by atoms with Crippen molar-refractivity contribution in [1.82, 2.24) is 10.4 Å². The molecule has 1 N–H and O–H groups in total. The molecule has 3 aromatic rings. The first-order valence-corrected chi connectivity index (χ1v) is 10.6. The molecule has 0 aliphatic rings. The summed E-state index contributed by atoms with van der Waals surface area (Å²) in [6, 6.07) is 11.6. The van der Waals surface area contributed by atoms with E-state index in [9.17, 15) is 4.79 Å². The minimum Gasteiger partial charge on any atom is -0.493 e. The van der Waals surface area contributed by atoms with Gasteiger partial charge in [0.05, 0.1) is 38.8 Å². The SMILES string of the molecule is COc1cc(/C=N\NC(=O)CSc2cc(C)nc3ccc(C)cc23)cc(OC)c1OC. The van der Waals surface area contributed by atoms with Crippen LogP contribution in [0.2, 0.25) is 0 Å². The molecule has 31 heavy (non-hydrogen) atoms. The molecule has 1 aromatic heterocycles. The number of nitrogens with one attached hydrogen (secondary N) is 1. The minimum absolute atomic E-state index is 0.205. The number of hydrogen-bond donors (Lipinski definition) is 1. The topological polar surface area (TPSA) is 82.0 Å². The molecule has 1 heterocycles. The number of carbonyl (C=O) groups excluding carboxylic acids is 1. The minimum atomic E-state index is -0.205. The fourth-order valence-electron chi connectivity index (χ4n) is 3.08. The summed E-state index contributed by atoms with van der Waals surface area (Å²) in [5.74, 6) is 1.56. The molecule has 162 valence electrons. The van der Waals surface area contributed by atoms with Crippen LogP contribution in [0, 0.1) is 13.8 Å². The number of ether oxygens (including phenoxy) is 3. The maximum atomic E-state index is 12.3. The van der Waals surface area contributed by atoms with Crippen LogP contribution in [0.15, 0.2) is 46.4 Å². The number of amides is 1. The van der Waals surface area contributed by atoms with E-state index in [1.165, 1.54) is 18.0 Å². The Morgan fingerprint density at radius 1 is 1.06 bits per heavy atom. The monoisotopic (exact) mass is 439 g/mol. The van der Waals surface area contributed by atoms with Crippen molar-refractivity contribution in [2.75, 3.05) is 27.1 Å². The van der Waals surface area contributed by atoms with Crippen molar-refractivity contribution in [2.45, 2.75) is 18.7 Å². The van der Waals surface area contributed by atoms with E-state index in [0.717, 1.165) is 27.1 Å². The van der Waals surface area contributed by atoms with Crippen molar-refractivity contribution in [1.29, 1.82) is 0 Å². The Morgan fingerprint density at radius 3 is 2.42 bits per heavy atom. The Bertz CT molecular complexity index is 1110. The zero-order valence-corrected chi connectivity index (χ0v) is 19.0. The normalized spacial score (nSPS) is 11.0. The number of methoxy groups -OCH3 is 3. The number of thioether (sulfide) groups is 1. The Balaban J connectivity index is 1.67. The van der Waals surface area contributed by atoms with Gasteiger partial charge in [-0.25, -0.2) is 5.43 Å². The van der Waals surface area contributed by atoms with E-state index in [4.69, 9.17) is 14.2 Å². The average Bonchev–Trinajstić information content (AvgIpc) is 2.76. The first-order valence-electron chi connectivity index (χ1n) is 9.58. The molecule has 0 radical (unpaired) electrons. The number of nitrogens with zero attached hydrogens (tertiary/aromatic N) is 2. The van der Waals surface area contributed by atoms with Gasteiger partial charge in [0.1, 0.15) is 0 Å². The molecule has 0 atom stereocenters. The van der Waals surface area contributed by atoms with Crippen molar-refractivity contribution < 1.29 is 19.0 Å². The molecule has 8 heteroatoms. The maximum Gasteiger partial charge on any atom is 0.250 e. The van der Waals surface area contributed by atoms with Gasteiger partial charge >= 0.3 is 0 Å². The van der Waals surface area contributed by atoms with Gasteiger partial charge < -0.3 is 14.2 Å². The quantitative estimate of drug-likeness (QED) is 0.323. The summed E-state index contributed by atoms with van der Waals surface area (Å²) in [4.78, 5) is 17.9. The third-order valence-electron chi connectivity index (χ3n) is 4.50. The standard InChI is InChI=1S/C23H25N3O4S/c1-14-6-7-18-17(8-14)21(9-15(2)25-18)31-13-22(27)26-24-12-16-10-19(28-3)23(30-5)20(11-16)29-4/h6-12H,13H2,1-5H3,(H,26,27)/b24-12-. The molecule has 0 bridgehead atoms. The maximum absolute atomic E-state index is 12.3. The molecule has 0 aliphatic carbocycles. The number of aromatic nitrogens is 1. The van der Waals surface area contributed by atoms with E-state index >= 15 is 0 Å². The first-order chi connectivity index (χ1) is 14.9. The molecule has 0 unspecified atom stereocenters. The molecule has 0 spiro atoms. The summed E-state index contributed by atoms with van der Waals surface area (Å²) in [7, 11) is 4.63. The molecule has 0 saturated heterocycles. The molecule has 0 aliphatic heterocycles. The first kappa shape index (κ1) is 22.4. The number of pyridine rings is 1. The molecule has 0 saturated carbocycles. The lowest BCUT2D eigenvalue weighted by Gasteiger charge is -2.12. The van der Waals surface area contributed by atoms with Gasteiger partial charge in [-0.2, -0.15) is 5.10 Å². The number of benzene rings is 2. The zero-order chi connectivity index (χ0) is 22.4. The summed E-state index contributed by atoms with van der Waals surface area (Å²) in [6.45, 7) is 3.99. The summed E-state index contributed by atoms with van der Waals surface area (Å²) >= 11 is 1.46. The largest absolute Gasteiger partial charge is 0.493 e. The highest BCUT2D eigenvalue weighted by molar-refractivity contribution is 8.00. The van der Waals surface area contributed by atoms with Crippen LogP contribution in [0.4, 0.5) is 0 Å². The summed E-state index contributed by atoms with van der Waals surface area (Å²) in [5, 5.41) is 5.10. The molecule has 0 fully saturated rings. The van der Waals surface area contributed by atoms with Crippen LogP contribution >= 0.6 is 11.8 Å². The second kappa shape index (κ2) is 10.2. The third-order valence-corrected chi connectivity index (χ3v) is 5.56. The summed E-state index contributed by atoms with van der Waals surface area (Å²) in [6.07, 6.45) is 1.53. The van der Waals surface area contributed by atoms with Gasteiger partial charge in [-0.3, -0.25) is 9.78 Å². The highest BCUT2D eigenvalue weighted by atomic mass is 32.2. The summed E-state index contributed by atoms with van der Waals surface area (Å²) in [5.41, 5.74) is 6.26. The van der Waals surface area contributed by atoms with Crippen molar-refractivity contribution in [3.05, 3.63) is 53.2 Å². The number of hydrazone groups is 1. The van der Waals surface area contributed by atoms with Gasteiger partial charge in [-0.1, -0.05) is 11.6 Å². The fourth-order valence-corrected chi connectivity index (χ4v) is 4.01. The summed E-state index contributed by atoms with van der Waals surface area (Å²) < 4.78 is 16.0. The van der Waals surface area contributed by atoms with Gasteiger partial charge in [0.2, 0.25) is 11.7 Å². The third kappa shape index (κ3) is 5.46. The molecule has 2 aromatic carbocycles. The second-order valence-corrected chi connectivity index (χ2v) is 7.84. The van der Waals surface area contributed by atoms with Gasteiger partial charge in [0.15, 0.2) is 11.5 Å². The Morgan fingerprint density at radius 2 is 1.77 bits per heavy atom. The molecule has 1 amide bonds. The van der Waals surface area contributed by atoms with Gasteiger partial charge in [-0.15, -0.1) is 11.8 Å².